The van der Waals surface area contributed by atoms with Gasteiger partial charge in [0.05, 0.1) is 25.9 Å². The third-order valence-corrected chi connectivity index (χ3v) is 9.41. The fourth-order valence-electron chi connectivity index (χ4n) is 5.79. The summed E-state index contributed by atoms with van der Waals surface area (Å²) in [5.74, 6) is -0.207. The summed E-state index contributed by atoms with van der Waals surface area (Å²) >= 11 is 0. The number of aliphatic hydroxyl groups excluding tert-OH is 1. The van der Waals surface area contributed by atoms with Crippen LogP contribution in [0.15, 0.2) is 84.9 Å². The quantitative estimate of drug-likeness (QED) is 0.0737. The molecule has 4 aromatic rings. The van der Waals surface area contributed by atoms with Gasteiger partial charge in [-0.1, -0.05) is 119 Å². The maximum atomic E-state index is 13.7. The summed E-state index contributed by atoms with van der Waals surface area (Å²) in [6, 6.07) is 25.3. The Bertz CT molecular complexity index is 1750. The summed E-state index contributed by atoms with van der Waals surface area (Å²) in [4.78, 5) is 40.3. The second-order valence-electron chi connectivity index (χ2n) is 13.9. The van der Waals surface area contributed by atoms with Gasteiger partial charge in [0.15, 0.2) is 0 Å². The average molecular weight is 743 g/mol. The van der Waals surface area contributed by atoms with E-state index < -0.39 is 41.8 Å². The van der Waals surface area contributed by atoms with E-state index in [0.29, 0.717) is 18.7 Å². The number of rotatable bonds is 19. The van der Waals surface area contributed by atoms with Crippen molar-refractivity contribution in [2.75, 3.05) is 20.3 Å². The number of nitrogens with one attached hydrogen (secondary N) is 3. The third-order valence-electron chi connectivity index (χ3n) is 9.41. The van der Waals surface area contributed by atoms with E-state index in [1.165, 1.54) is 7.11 Å². The van der Waals surface area contributed by atoms with Gasteiger partial charge in [-0.25, -0.2) is 14.6 Å². The minimum atomic E-state index is -1.16. The normalized spacial score (nSPS) is 13.7. The molecule has 0 aliphatic rings. The summed E-state index contributed by atoms with van der Waals surface area (Å²) < 4.78 is 10.2. The van der Waals surface area contributed by atoms with Crippen molar-refractivity contribution >= 4 is 18.1 Å². The molecule has 14 nitrogen and oxygen atoms in total. The number of hydrogen-bond donors (Lipinski definition) is 4. The first kappa shape index (κ1) is 41.4. The molecule has 0 spiro atoms. The molecular weight excluding hydrogens is 688 g/mol. The molecule has 4 atom stereocenters. The Labute approximate surface area is 317 Å². The molecule has 0 fully saturated rings. The van der Waals surface area contributed by atoms with Gasteiger partial charge in [0.25, 0.3) is 0 Å². The molecule has 0 aliphatic heterocycles. The van der Waals surface area contributed by atoms with E-state index in [-0.39, 0.29) is 32.0 Å². The van der Waals surface area contributed by atoms with E-state index in [0.717, 1.165) is 28.7 Å². The molecule has 1 heterocycles. The number of aromatic nitrogens is 4. The fourth-order valence-corrected chi connectivity index (χ4v) is 5.79. The molecule has 0 unspecified atom stereocenters. The fraction of sp³-hybridized carbons (Fsp3) is 0.450. The zero-order chi connectivity index (χ0) is 39.1. The van der Waals surface area contributed by atoms with Crippen LogP contribution in [0.25, 0.3) is 11.4 Å². The first-order valence-corrected chi connectivity index (χ1v) is 18.5. The molecule has 3 aromatic carbocycles. The lowest BCUT2D eigenvalue weighted by Crippen LogP contribution is -2.57. The van der Waals surface area contributed by atoms with Crippen LogP contribution < -0.4 is 16.1 Å². The lowest BCUT2D eigenvalue weighted by Gasteiger charge is -2.32. The van der Waals surface area contributed by atoms with E-state index >= 15 is 0 Å². The number of benzene rings is 3. The Morgan fingerprint density at radius 2 is 1.57 bits per heavy atom. The van der Waals surface area contributed by atoms with Gasteiger partial charge in [0.1, 0.15) is 11.6 Å². The van der Waals surface area contributed by atoms with Gasteiger partial charge in [-0.2, -0.15) is 4.80 Å². The highest BCUT2D eigenvalue weighted by Gasteiger charge is 2.32. The number of hydrogen-bond acceptors (Lipinski definition) is 10. The number of tetrazole rings is 1. The zero-order valence-electron chi connectivity index (χ0n) is 32.1. The van der Waals surface area contributed by atoms with Crippen molar-refractivity contribution in [2.45, 2.75) is 90.6 Å². The Morgan fingerprint density at radius 1 is 0.907 bits per heavy atom. The lowest BCUT2D eigenvalue weighted by atomic mass is 9.95. The van der Waals surface area contributed by atoms with Crippen LogP contribution in [0.2, 0.25) is 0 Å². The molecule has 0 saturated heterocycles. The largest absolute Gasteiger partial charge is 0.453 e. The van der Waals surface area contributed by atoms with Crippen molar-refractivity contribution in [3.8, 4) is 11.4 Å². The maximum absolute atomic E-state index is 13.7. The molecule has 4 N–H and O–H groups in total. The lowest BCUT2D eigenvalue weighted by molar-refractivity contribution is -0.126. The number of methoxy groups -OCH3 is 1. The highest BCUT2D eigenvalue weighted by atomic mass is 16.6. The van der Waals surface area contributed by atoms with Gasteiger partial charge in [0, 0.05) is 18.7 Å². The van der Waals surface area contributed by atoms with Crippen molar-refractivity contribution < 1.29 is 29.0 Å². The summed E-state index contributed by atoms with van der Waals surface area (Å²) in [6.45, 7) is 10.2. The molecule has 4 rings (SSSR count). The third kappa shape index (κ3) is 11.8. The molecule has 3 amide bonds. The van der Waals surface area contributed by atoms with Crippen LogP contribution in [0.4, 0.5) is 9.59 Å². The highest BCUT2D eigenvalue weighted by Crippen LogP contribution is 2.25. The highest BCUT2D eigenvalue weighted by molar-refractivity contribution is 5.86. The zero-order valence-corrected chi connectivity index (χ0v) is 32.1. The van der Waals surface area contributed by atoms with Gasteiger partial charge in [0.2, 0.25) is 11.7 Å². The molecule has 0 aliphatic carbocycles. The van der Waals surface area contributed by atoms with Crippen molar-refractivity contribution in [3.05, 3.63) is 102 Å². The van der Waals surface area contributed by atoms with Gasteiger partial charge < -0.3 is 25.2 Å². The van der Waals surface area contributed by atoms with Gasteiger partial charge in [-0.15, -0.1) is 10.2 Å². The Hall–Kier alpha value is -5.34. The van der Waals surface area contributed by atoms with Gasteiger partial charge in [-0.3, -0.25) is 10.2 Å². The SMILES string of the molecule is CCCCOC(=O)NN(Cc1ccc(-c2nnn(C(C)(C)c3ccccc3)n2)cc1)C[C@H](O)[C@H](Cc1ccccc1)NC(=O)[C@@H](NC(=O)OC)[C@@H](C)CC. The van der Waals surface area contributed by atoms with Crippen molar-refractivity contribution in [3.63, 3.8) is 0 Å². The molecule has 14 heteroatoms. The summed E-state index contributed by atoms with van der Waals surface area (Å²) in [6.07, 6.45) is -0.0694. The van der Waals surface area contributed by atoms with Crippen LogP contribution >= 0.6 is 0 Å². The van der Waals surface area contributed by atoms with Crippen LogP contribution in [-0.4, -0.2) is 86.9 Å². The minimum Gasteiger partial charge on any atom is -0.453 e. The number of nitrogens with zero attached hydrogens (tertiary/aromatic N) is 5. The Kier molecular flexibility index (Phi) is 15.5. The Balaban J connectivity index is 1.54. The number of aliphatic hydroxyl groups is 1. The van der Waals surface area contributed by atoms with E-state index in [1.807, 2.05) is 120 Å². The van der Waals surface area contributed by atoms with Crippen LogP contribution in [0.3, 0.4) is 0 Å². The van der Waals surface area contributed by atoms with Crippen molar-refractivity contribution in [1.29, 1.82) is 0 Å². The number of ether oxygens (including phenoxy) is 2. The number of hydrazine groups is 1. The topological polar surface area (TPSA) is 173 Å². The first-order valence-electron chi connectivity index (χ1n) is 18.5. The molecule has 54 heavy (non-hydrogen) atoms. The monoisotopic (exact) mass is 742 g/mol. The summed E-state index contributed by atoms with van der Waals surface area (Å²) in [7, 11) is 1.24. The average Bonchev–Trinajstić information content (AvgIpc) is 3.69. The number of carbonyl (C=O) groups excluding carboxylic acids is 3. The van der Waals surface area contributed by atoms with Crippen molar-refractivity contribution in [2.24, 2.45) is 5.92 Å². The molecule has 290 valence electrons. The standard InChI is InChI=1S/C40H54N8O6/c1-7-9-24-54-39(52)45-47(26-30-20-22-31(23-21-30)36-43-46-48(44-36)40(4,5)32-18-14-11-15-19-32)27-34(49)33(25-29-16-12-10-13-17-29)41-37(50)35(28(3)8-2)42-38(51)53-6/h10-23,28,33-35,49H,7-9,24-27H2,1-6H3,(H,41,50)(H,42,51)(H,45,52)/t28-,33-,34-,35-/m0/s1. The molecule has 0 saturated carbocycles. The second-order valence-corrected chi connectivity index (χ2v) is 13.9. The Morgan fingerprint density at radius 3 is 2.20 bits per heavy atom. The first-order chi connectivity index (χ1) is 25.9. The smallest absolute Gasteiger partial charge is 0.421 e. The van der Waals surface area contributed by atoms with Gasteiger partial charge >= 0.3 is 12.2 Å². The van der Waals surface area contributed by atoms with Crippen LogP contribution in [0, 0.1) is 5.92 Å². The predicted molar refractivity (Wildman–Crippen MR) is 205 cm³/mol. The van der Waals surface area contributed by atoms with Crippen LogP contribution in [-0.2, 0) is 32.8 Å². The minimum absolute atomic E-state index is 0.0642. The molecular formula is C40H54N8O6. The molecule has 0 radical (unpaired) electrons. The van der Waals surface area contributed by atoms with Crippen LogP contribution in [0.1, 0.15) is 70.6 Å². The predicted octanol–water partition coefficient (Wildman–Crippen LogP) is 5.23. The number of unbranched alkanes of at least 4 members (excludes halogenated alkanes) is 1. The molecule has 0 bridgehead atoms. The van der Waals surface area contributed by atoms with Crippen molar-refractivity contribution in [1.82, 2.24) is 41.3 Å². The number of amides is 3. The van der Waals surface area contributed by atoms with E-state index in [1.54, 1.807) is 9.81 Å². The van der Waals surface area contributed by atoms with E-state index in [4.69, 9.17) is 9.47 Å². The molecule has 1 aromatic heterocycles. The maximum Gasteiger partial charge on any atom is 0.421 e. The number of alkyl carbamates (subject to hydrolysis) is 1. The van der Waals surface area contributed by atoms with Gasteiger partial charge in [-0.05, 0) is 54.5 Å². The number of carbonyl (C=O) groups is 3. The van der Waals surface area contributed by atoms with E-state index in [9.17, 15) is 19.5 Å². The summed E-state index contributed by atoms with van der Waals surface area (Å²) in [5, 5.41) is 32.2. The van der Waals surface area contributed by atoms with Crippen LogP contribution in [0.5, 0.6) is 0 Å². The van der Waals surface area contributed by atoms with E-state index in [2.05, 4.69) is 31.5 Å². The summed E-state index contributed by atoms with van der Waals surface area (Å²) in [5.41, 5.74) is 5.77. The second kappa shape index (κ2) is 20.2.